The number of nitrogens with one attached hydrogen (secondary N) is 1. The van der Waals surface area contributed by atoms with Crippen molar-refractivity contribution < 1.29 is 19.5 Å². The van der Waals surface area contributed by atoms with Crippen molar-refractivity contribution in [2.45, 2.75) is 26.1 Å². The summed E-state index contributed by atoms with van der Waals surface area (Å²) in [5.41, 5.74) is 0.191. The molecule has 100 valence electrons. The topological polar surface area (TPSA) is 67.8 Å². The molecule has 18 heavy (non-hydrogen) atoms. The Balaban J connectivity index is 3.11. The highest BCUT2D eigenvalue weighted by Crippen LogP contribution is 2.27. The van der Waals surface area contributed by atoms with Gasteiger partial charge in [0.2, 0.25) is 0 Å². The van der Waals surface area contributed by atoms with Gasteiger partial charge in [0.1, 0.15) is 0 Å². The van der Waals surface area contributed by atoms with Crippen LogP contribution in [0.3, 0.4) is 0 Å². The Morgan fingerprint density at radius 3 is 2.78 bits per heavy atom. The molecule has 2 N–H and O–H groups in total. The fraction of sp³-hybridized carbons (Fsp3) is 0.455. The van der Waals surface area contributed by atoms with Crippen molar-refractivity contribution in [3.8, 4) is 0 Å². The molecule has 0 aromatic heterocycles. The van der Waals surface area contributed by atoms with Crippen LogP contribution in [0.2, 0.25) is 0 Å². The Hall–Kier alpha value is -0.650. The molecule has 7 heteroatoms. The highest BCUT2D eigenvalue weighted by atomic mass is 32.7. The average molecular weight is 289 g/mol. The Morgan fingerprint density at radius 1 is 1.61 bits per heavy atom. The lowest BCUT2D eigenvalue weighted by atomic mass is 10.0. The van der Waals surface area contributed by atoms with Crippen molar-refractivity contribution in [1.29, 1.82) is 0 Å². The van der Waals surface area contributed by atoms with Gasteiger partial charge in [-0.2, -0.15) is 0 Å². The Bertz CT molecular complexity index is 417. The monoisotopic (exact) mass is 289 g/mol. The number of hydrogen-bond acceptors (Lipinski definition) is 5. The minimum Gasteiger partial charge on any atom is -0.478 e. The van der Waals surface area contributed by atoms with Crippen molar-refractivity contribution in [2.75, 3.05) is 7.11 Å². The third-order valence-corrected chi connectivity index (χ3v) is 4.21. The van der Waals surface area contributed by atoms with E-state index in [2.05, 4.69) is 5.25 Å². The van der Waals surface area contributed by atoms with Crippen molar-refractivity contribution in [3.05, 3.63) is 23.8 Å². The van der Waals surface area contributed by atoms with Crippen LogP contribution in [-0.2, 0) is 26.6 Å². The number of carbonyl (C=O) groups is 1. The molecular formula is C11H16NO4PS. The SMILES string of the molecule is CON[P+]([S-])=C1C=CC=C(C(=O)O)C1OC(C)C. The summed E-state index contributed by atoms with van der Waals surface area (Å²) in [6.45, 7) is 2.50. The molecule has 0 aromatic rings. The Morgan fingerprint density at radius 2 is 2.28 bits per heavy atom. The zero-order valence-corrected chi connectivity index (χ0v) is 12.1. The van der Waals surface area contributed by atoms with Gasteiger partial charge in [-0.3, -0.25) is 4.84 Å². The predicted molar refractivity (Wildman–Crippen MR) is 74.3 cm³/mol. The molecular weight excluding hydrogens is 273 g/mol. The summed E-state index contributed by atoms with van der Waals surface area (Å²) in [5, 5.41) is 12.6. The van der Waals surface area contributed by atoms with E-state index in [0.29, 0.717) is 0 Å². The molecule has 0 heterocycles. The fourth-order valence-electron chi connectivity index (χ4n) is 1.49. The van der Waals surface area contributed by atoms with Gasteiger partial charge in [0.25, 0.3) is 0 Å². The summed E-state index contributed by atoms with van der Waals surface area (Å²) in [7, 11) is 1.47. The number of rotatable bonds is 5. The molecule has 1 rings (SSSR count). The lowest BCUT2D eigenvalue weighted by Crippen LogP contribution is -2.33. The van der Waals surface area contributed by atoms with Gasteiger partial charge in [0.15, 0.2) is 11.4 Å². The van der Waals surface area contributed by atoms with E-state index >= 15 is 0 Å². The maximum absolute atomic E-state index is 11.2. The predicted octanol–water partition coefficient (Wildman–Crippen LogP) is 1.54. The summed E-state index contributed by atoms with van der Waals surface area (Å²) in [5.74, 6) is -1.00. The van der Waals surface area contributed by atoms with E-state index in [-0.39, 0.29) is 11.7 Å². The van der Waals surface area contributed by atoms with Crippen LogP contribution in [0.25, 0.3) is 0 Å². The van der Waals surface area contributed by atoms with Gasteiger partial charge in [0, 0.05) is 0 Å². The second kappa shape index (κ2) is 7.07. The van der Waals surface area contributed by atoms with Crippen LogP contribution in [0.1, 0.15) is 13.8 Å². The Kier molecular flexibility index (Phi) is 6.05. The van der Waals surface area contributed by atoms with Crippen molar-refractivity contribution in [1.82, 2.24) is 5.25 Å². The van der Waals surface area contributed by atoms with Gasteiger partial charge < -0.3 is 22.1 Å². The second-order valence-electron chi connectivity index (χ2n) is 3.87. The quantitative estimate of drug-likeness (QED) is 0.454. The third-order valence-electron chi connectivity index (χ3n) is 2.16. The fourth-order valence-corrected chi connectivity index (χ4v) is 3.09. The normalized spacial score (nSPS) is 22.1. The van der Waals surface area contributed by atoms with Gasteiger partial charge in [-0.1, -0.05) is 6.08 Å². The second-order valence-corrected chi connectivity index (χ2v) is 6.25. The average Bonchev–Trinajstić information content (AvgIpc) is 2.28. The summed E-state index contributed by atoms with van der Waals surface area (Å²) < 4.78 is 5.66. The molecule has 0 aliphatic heterocycles. The number of ether oxygens (including phenoxy) is 1. The van der Waals surface area contributed by atoms with E-state index in [9.17, 15) is 9.90 Å². The van der Waals surface area contributed by atoms with E-state index in [1.54, 1.807) is 12.2 Å². The summed E-state index contributed by atoms with van der Waals surface area (Å²) in [6.07, 6.45) is 4.26. The van der Waals surface area contributed by atoms with E-state index in [0.717, 1.165) is 5.29 Å². The molecule has 0 fully saturated rings. The standard InChI is InChI=1S/C11H16NO4PS/c1-7(2)16-10-8(11(13)14)5-4-6-9(10)17(18)12-15-3/h4-7,10,12H,1-3H3,(H,13,14). The van der Waals surface area contributed by atoms with Crippen molar-refractivity contribution in [2.24, 2.45) is 0 Å². The van der Waals surface area contributed by atoms with Crippen LogP contribution in [-0.4, -0.2) is 35.7 Å². The molecule has 5 nitrogen and oxygen atoms in total. The highest BCUT2D eigenvalue weighted by molar-refractivity contribution is 8.31. The van der Waals surface area contributed by atoms with Crippen LogP contribution in [0.4, 0.5) is 0 Å². The molecule has 0 aromatic carbocycles. The van der Waals surface area contributed by atoms with Crippen LogP contribution in [0.5, 0.6) is 0 Å². The highest BCUT2D eigenvalue weighted by Gasteiger charge is 2.31. The molecule has 0 spiro atoms. The molecule has 2 unspecified atom stereocenters. The first-order chi connectivity index (χ1) is 8.47. The number of hydrogen-bond donors (Lipinski definition) is 2. The van der Waals surface area contributed by atoms with Crippen molar-refractivity contribution >= 4 is 30.4 Å². The minimum atomic E-state index is -1.21. The molecule has 0 bridgehead atoms. The van der Waals surface area contributed by atoms with Gasteiger partial charge in [-0.25, -0.2) is 4.79 Å². The molecule has 0 radical (unpaired) electrons. The zero-order chi connectivity index (χ0) is 13.7. The lowest BCUT2D eigenvalue weighted by Gasteiger charge is -2.22. The smallest absolute Gasteiger partial charge is 0.334 e. The Labute approximate surface area is 112 Å². The van der Waals surface area contributed by atoms with E-state index < -0.39 is 19.0 Å². The van der Waals surface area contributed by atoms with Gasteiger partial charge in [-0.05, 0) is 31.3 Å². The zero-order valence-electron chi connectivity index (χ0n) is 10.4. The number of carboxylic acids is 1. The van der Waals surface area contributed by atoms with Crippen LogP contribution < -0.4 is 5.25 Å². The third kappa shape index (κ3) is 3.93. The molecule has 1 aliphatic rings. The lowest BCUT2D eigenvalue weighted by molar-refractivity contribution is -0.133. The van der Waals surface area contributed by atoms with Gasteiger partial charge in [0.05, 0.1) is 25.7 Å². The van der Waals surface area contributed by atoms with Crippen LogP contribution >= 0.6 is 6.90 Å². The summed E-state index contributed by atoms with van der Waals surface area (Å²) in [6, 6.07) is 0. The number of aliphatic carboxylic acids is 1. The van der Waals surface area contributed by atoms with E-state index in [4.69, 9.17) is 21.8 Å². The molecule has 0 amide bonds. The molecule has 0 saturated heterocycles. The van der Waals surface area contributed by atoms with Gasteiger partial charge >= 0.3 is 5.97 Å². The summed E-state index contributed by atoms with van der Waals surface area (Å²) >= 11 is 5.27. The van der Waals surface area contributed by atoms with Gasteiger partial charge in [-0.15, -0.1) is 0 Å². The number of allylic oxidation sites excluding steroid dienone is 2. The largest absolute Gasteiger partial charge is 0.478 e. The van der Waals surface area contributed by atoms with Crippen molar-refractivity contribution in [3.63, 3.8) is 0 Å². The maximum atomic E-state index is 11.2. The van der Waals surface area contributed by atoms with Crippen LogP contribution in [0, 0.1) is 0 Å². The number of carboxylic acid groups (broad SMARTS) is 1. The van der Waals surface area contributed by atoms with E-state index in [1.165, 1.54) is 13.2 Å². The first-order valence-electron chi connectivity index (χ1n) is 5.37. The summed E-state index contributed by atoms with van der Waals surface area (Å²) in [4.78, 5) is 16.0. The molecule has 1 aliphatic carbocycles. The molecule has 2 atom stereocenters. The first kappa shape index (κ1) is 15.4. The van der Waals surface area contributed by atoms with E-state index in [1.807, 2.05) is 13.8 Å². The molecule has 0 saturated carbocycles. The minimum absolute atomic E-state index is 0.0970. The maximum Gasteiger partial charge on any atom is 0.334 e. The first-order valence-corrected chi connectivity index (χ1v) is 7.72. The van der Waals surface area contributed by atoms with Crippen LogP contribution in [0.15, 0.2) is 23.8 Å².